The van der Waals surface area contributed by atoms with Gasteiger partial charge in [-0.25, -0.2) is 8.42 Å². The van der Waals surface area contributed by atoms with E-state index in [1.807, 2.05) is 19.9 Å². The van der Waals surface area contributed by atoms with Gasteiger partial charge in [0, 0.05) is 6.20 Å². The van der Waals surface area contributed by atoms with Crippen molar-refractivity contribution in [2.24, 2.45) is 0 Å². The van der Waals surface area contributed by atoms with Crippen molar-refractivity contribution >= 4 is 10.0 Å². The Morgan fingerprint density at radius 1 is 1.14 bits per heavy atom. The first-order chi connectivity index (χ1) is 13.3. The molecule has 9 heteroatoms. The number of hydrogen-bond donors (Lipinski definition) is 1. The van der Waals surface area contributed by atoms with Crippen molar-refractivity contribution in [1.82, 2.24) is 19.8 Å². The number of nitrogens with one attached hydrogen (secondary N) is 1. The van der Waals surface area contributed by atoms with Gasteiger partial charge in [0.2, 0.25) is 21.7 Å². The standard InChI is InChI=1S/C19H22N4O4S/c1-12(2)14-8-9-16(26-4)17(11-14)28(24,25)23-13(3)19-21-18(22-27-19)15-7-5-6-10-20-15/h5-13,23H,1-4H3. The summed E-state index contributed by atoms with van der Waals surface area (Å²) >= 11 is 0. The van der Waals surface area contributed by atoms with Crippen LogP contribution in [0.1, 0.15) is 44.2 Å². The van der Waals surface area contributed by atoms with Gasteiger partial charge in [-0.15, -0.1) is 0 Å². The molecule has 0 aliphatic heterocycles. The highest BCUT2D eigenvalue weighted by Crippen LogP contribution is 2.29. The largest absolute Gasteiger partial charge is 0.495 e. The quantitative estimate of drug-likeness (QED) is 0.646. The number of aromatic nitrogens is 3. The van der Waals surface area contributed by atoms with Crippen molar-refractivity contribution in [2.45, 2.75) is 37.6 Å². The Bertz CT molecular complexity index is 1050. The molecule has 1 unspecified atom stereocenters. The summed E-state index contributed by atoms with van der Waals surface area (Å²) in [6.45, 7) is 5.61. The summed E-state index contributed by atoms with van der Waals surface area (Å²) < 4.78 is 38.9. The van der Waals surface area contributed by atoms with Crippen LogP contribution in [0, 0.1) is 0 Å². The second-order valence-corrected chi connectivity index (χ2v) is 8.26. The van der Waals surface area contributed by atoms with Crippen molar-refractivity contribution in [3.05, 3.63) is 54.0 Å². The number of hydrogen-bond acceptors (Lipinski definition) is 7. The average molecular weight is 402 g/mol. The SMILES string of the molecule is COc1ccc(C(C)C)cc1S(=O)(=O)NC(C)c1nc(-c2ccccn2)no1. The Labute approximate surface area is 164 Å². The number of nitrogens with zero attached hydrogens (tertiary/aromatic N) is 3. The van der Waals surface area contributed by atoms with E-state index < -0.39 is 16.1 Å². The molecular formula is C19H22N4O4S. The minimum Gasteiger partial charge on any atom is -0.495 e. The summed E-state index contributed by atoms with van der Waals surface area (Å²) in [6, 6.07) is 9.71. The van der Waals surface area contributed by atoms with Gasteiger partial charge in [-0.2, -0.15) is 9.71 Å². The highest BCUT2D eigenvalue weighted by Gasteiger charge is 2.26. The lowest BCUT2D eigenvalue weighted by Crippen LogP contribution is -2.27. The van der Waals surface area contributed by atoms with Crippen LogP contribution in [0.2, 0.25) is 0 Å². The minimum absolute atomic E-state index is 0.0671. The fourth-order valence-electron chi connectivity index (χ4n) is 2.62. The van der Waals surface area contributed by atoms with Gasteiger partial charge in [0.25, 0.3) is 0 Å². The summed E-state index contributed by atoms with van der Waals surface area (Å²) in [5, 5.41) is 3.87. The summed E-state index contributed by atoms with van der Waals surface area (Å²) in [4.78, 5) is 8.47. The third-order valence-electron chi connectivity index (χ3n) is 4.18. The van der Waals surface area contributed by atoms with Crippen LogP contribution in [0.5, 0.6) is 5.75 Å². The van der Waals surface area contributed by atoms with E-state index in [4.69, 9.17) is 9.26 Å². The molecule has 0 fully saturated rings. The predicted molar refractivity (Wildman–Crippen MR) is 103 cm³/mol. The van der Waals surface area contributed by atoms with Gasteiger partial charge >= 0.3 is 0 Å². The van der Waals surface area contributed by atoms with Gasteiger partial charge in [0.15, 0.2) is 0 Å². The molecule has 0 aliphatic carbocycles. The topological polar surface area (TPSA) is 107 Å². The molecule has 1 atom stereocenters. The first kappa shape index (κ1) is 20.0. The van der Waals surface area contributed by atoms with E-state index in [1.165, 1.54) is 7.11 Å². The van der Waals surface area contributed by atoms with Crippen LogP contribution in [0.4, 0.5) is 0 Å². The van der Waals surface area contributed by atoms with Gasteiger partial charge in [-0.1, -0.05) is 31.1 Å². The second kappa shape index (κ2) is 8.07. The van der Waals surface area contributed by atoms with Gasteiger partial charge < -0.3 is 9.26 Å². The molecule has 0 saturated heterocycles. The number of rotatable bonds is 7. The van der Waals surface area contributed by atoms with Crippen molar-refractivity contribution in [3.8, 4) is 17.3 Å². The number of pyridine rings is 1. The zero-order valence-electron chi connectivity index (χ0n) is 16.1. The Kier molecular flexibility index (Phi) is 5.76. The molecule has 3 rings (SSSR count). The number of sulfonamides is 1. The van der Waals surface area contributed by atoms with Crippen LogP contribution in [-0.2, 0) is 10.0 Å². The maximum absolute atomic E-state index is 13.0. The highest BCUT2D eigenvalue weighted by atomic mass is 32.2. The average Bonchev–Trinajstić information content (AvgIpc) is 3.18. The number of ether oxygens (including phenoxy) is 1. The van der Waals surface area contributed by atoms with Crippen molar-refractivity contribution in [2.75, 3.05) is 7.11 Å². The molecule has 0 spiro atoms. The van der Waals surface area contributed by atoms with E-state index in [2.05, 4.69) is 19.8 Å². The molecule has 0 amide bonds. The fraction of sp³-hybridized carbons (Fsp3) is 0.316. The molecule has 2 heterocycles. The fourth-order valence-corrected chi connectivity index (χ4v) is 4.02. The predicted octanol–water partition coefficient (Wildman–Crippen LogP) is 3.30. The third-order valence-corrected chi connectivity index (χ3v) is 5.74. The molecule has 2 aromatic heterocycles. The van der Waals surface area contributed by atoms with E-state index in [9.17, 15) is 8.42 Å². The van der Waals surface area contributed by atoms with Crippen LogP contribution in [-0.4, -0.2) is 30.7 Å². The van der Waals surface area contributed by atoms with E-state index in [0.717, 1.165) is 5.56 Å². The molecule has 0 aliphatic rings. The van der Waals surface area contributed by atoms with Crippen LogP contribution in [0.25, 0.3) is 11.5 Å². The Morgan fingerprint density at radius 2 is 1.93 bits per heavy atom. The lowest BCUT2D eigenvalue weighted by atomic mass is 10.0. The lowest BCUT2D eigenvalue weighted by molar-refractivity contribution is 0.353. The van der Waals surface area contributed by atoms with Crippen molar-refractivity contribution in [3.63, 3.8) is 0 Å². The molecule has 0 saturated carbocycles. The second-order valence-electron chi connectivity index (χ2n) is 6.58. The van der Waals surface area contributed by atoms with Crippen LogP contribution >= 0.6 is 0 Å². The van der Waals surface area contributed by atoms with Gasteiger partial charge in [0.1, 0.15) is 16.3 Å². The van der Waals surface area contributed by atoms with Crippen LogP contribution in [0.15, 0.2) is 52.0 Å². The monoisotopic (exact) mass is 402 g/mol. The third kappa shape index (κ3) is 4.20. The van der Waals surface area contributed by atoms with E-state index in [1.54, 1.807) is 43.5 Å². The van der Waals surface area contributed by atoms with Gasteiger partial charge in [-0.3, -0.25) is 4.98 Å². The summed E-state index contributed by atoms with van der Waals surface area (Å²) in [7, 11) is -2.45. The molecule has 148 valence electrons. The molecule has 0 bridgehead atoms. The van der Waals surface area contributed by atoms with Crippen LogP contribution < -0.4 is 9.46 Å². The van der Waals surface area contributed by atoms with Gasteiger partial charge in [0.05, 0.1) is 13.2 Å². The minimum atomic E-state index is -3.88. The Morgan fingerprint density at radius 3 is 2.57 bits per heavy atom. The molecule has 3 aromatic rings. The van der Waals surface area contributed by atoms with E-state index in [-0.39, 0.29) is 22.5 Å². The lowest BCUT2D eigenvalue weighted by Gasteiger charge is -2.15. The normalized spacial score (nSPS) is 12.9. The number of benzene rings is 1. The summed E-state index contributed by atoms with van der Waals surface area (Å²) in [6.07, 6.45) is 1.62. The maximum atomic E-state index is 13.0. The molecule has 1 aromatic carbocycles. The zero-order valence-corrected chi connectivity index (χ0v) is 16.9. The smallest absolute Gasteiger partial charge is 0.244 e. The molecule has 8 nitrogen and oxygen atoms in total. The summed E-state index contributed by atoms with van der Waals surface area (Å²) in [5.74, 6) is 0.877. The summed E-state index contributed by atoms with van der Waals surface area (Å²) in [5.41, 5.74) is 1.43. The first-order valence-electron chi connectivity index (χ1n) is 8.77. The molecule has 28 heavy (non-hydrogen) atoms. The highest BCUT2D eigenvalue weighted by molar-refractivity contribution is 7.89. The molecular weight excluding hydrogens is 380 g/mol. The Balaban J connectivity index is 1.87. The van der Waals surface area contributed by atoms with E-state index in [0.29, 0.717) is 11.5 Å². The van der Waals surface area contributed by atoms with Crippen LogP contribution in [0.3, 0.4) is 0 Å². The Hall–Kier alpha value is -2.78. The van der Waals surface area contributed by atoms with Crippen molar-refractivity contribution < 1.29 is 17.7 Å². The van der Waals surface area contributed by atoms with Gasteiger partial charge in [-0.05, 0) is 42.7 Å². The number of methoxy groups -OCH3 is 1. The maximum Gasteiger partial charge on any atom is 0.244 e. The molecule has 0 radical (unpaired) electrons. The first-order valence-corrected chi connectivity index (χ1v) is 10.3. The van der Waals surface area contributed by atoms with E-state index >= 15 is 0 Å². The van der Waals surface area contributed by atoms with Crippen molar-refractivity contribution in [1.29, 1.82) is 0 Å². The molecule has 1 N–H and O–H groups in total. The zero-order chi connectivity index (χ0) is 20.3.